The zero-order valence-corrected chi connectivity index (χ0v) is 15.5. The Morgan fingerprint density at radius 2 is 1.96 bits per heavy atom. The highest BCUT2D eigenvalue weighted by molar-refractivity contribution is 6.37. The molecule has 2 aliphatic heterocycles. The van der Waals surface area contributed by atoms with Gasteiger partial charge in [-0.1, -0.05) is 29.6 Å². The van der Waals surface area contributed by atoms with Gasteiger partial charge in [0.25, 0.3) is 5.91 Å². The first kappa shape index (κ1) is 18.5. The number of alkyl carbamates (subject to hydrolysis) is 1. The zero-order chi connectivity index (χ0) is 17.8. The van der Waals surface area contributed by atoms with Crippen LogP contribution in [0, 0.1) is 5.92 Å². The molecule has 2 atom stereocenters. The Morgan fingerprint density at radius 1 is 1.16 bits per heavy atom. The minimum atomic E-state index is -0.732. The highest BCUT2D eigenvalue weighted by atomic mass is 35.5. The van der Waals surface area contributed by atoms with E-state index in [-0.39, 0.29) is 10.6 Å². The number of benzene rings is 1. The van der Waals surface area contributed by atoms with Crippen LogP contribution in [0.3, 0.4) is 0 Å². The number of rotatable bonds is 3. The minimum Gasteiger partial charge on any atom is -0.449 e. The normalized spacial score (nSPS) is 23.6. The summed E-state index contributed by atoms with van der Waals surface area (Å²) in [5.41, 5.74) is 0.194. The van der Waals surface area contributed by atoms with Crippen molar-refractivity contribution in [1.82, 2.24) is 10.2 Å². The van der Waals surface area contributed by atoms with Crippen LogP contribution >= 0.6 is 23.2 Å². The molecule has 7 heteroatoms. The average Bonchev–Trinajstić information content (AvgIpc) is 2.59. The van der Waals surface area contributed by atoms with Crippen LogP contribution in [0.5, 0.6) is 0 Å². The highest BCUT2D eigenvalue weighted by Crippen LogP contribution is 2.31. The Labute approximate surface area is 157 Å². The molecule has 0 bridgehead atoms. The van der Waals surface area contributed by atoms with E-state index in [1.54, 1.807) is 6.07 Å². The molecular formula is C18H22Cl2N2O3. The van der Waals surface area contributed by atoms with Gasteiger partial charge >= 0.3 is 6.09 Å². The maximum atomic E-state index is 12.1. The fourth-order valence-corrected chi connectivity index (χ4v) is 4.32. The van der Waals surface area contributed by atoms with Crippen LogP contribution in [0.15, 0.2) is 18.2 Å². The number of piperidine rings is 2. The van der Waals surface area contributed by atoms with E-state index in [1.165, 1.54) is 25.0 Å². The second-order valence-electron chi connectivity index (χ2n) is 6.68. The quantitative estimate of drug-likeness (QED) is 0.850. The molecule has 0 aromatic heterocycles. The van der Waals surface area contributed by atoms with Crippen molar-refractivity contribution in [2.75, 3.05) is 19.7 Å². The van der Waals surface area contributed by atoms with Gasteiger partial charge in [0.05, 0.1) is 17.2 Å². The van der Waals surface area contributed by atoms with Crippen molar-refractivity contribution >= 4 is 35.2 Å². The number of nitrogens with zero attached hydrogens (tertiary/aromatic N) is 1. The largest absolute Gasteiger partial charge is 0.449 e. The molecule has 2 amide bonds. The summed E-state index contributed by atoms with van der Waals surface area (Å²) in [7, 11) is 0. The van der Waals surface area contributed by atoms with Gasteiger partial charge in [-0.05, 0) is 57.0 Å². The van der Waals surface area contributed by atoms with Crippen LogP contribution in [0.2, 0.25) is 10.0 Å². The molecule has 1 unspecified atom stereocenters. The molecule has 1 aromatic carbocycles. The molecule has 2 heterocycles. The Balaban J connectivity index is 1.51. The molecule has 0 aliphatic carbocycles. The smallest absolute Gasteiger partial charge is 0.414 e. The van der Waals surface area contributed by atoms with E-state index in [2.05, 4.69) is 10.2 Å². The number of ether oxygens (including phenoxy) is 1. The zero-order valence-electron chi connectivity index (χ0n) is 14.0. The summed E-state index contributed by atoms with van der Waals surface area (Å²) in [4.78, 5) is 26.6. The number of amides is 2. The third kappa shape index (κ3) is 4.66. The fourth-order valence-electron chi connectivity index (χ4n) is 3.82. The van der Waals surface area contributed by atoms with Crippen LogP contribution in [0.25, 0.3) is 0 Å². The molecule has 5 nitrogen and oxygen atoms in total. The third-order valence-electron chi connectivity index (χ3n) is 5.05. The van der Waals surface area contributed by atoms with Crippen molar-refractivity contribution in [2.24, 2.45) is 5.92 Å². The summed E-state index contributed by atoms with van der Waals surface area (Å²) >= 11 is 11.8. The topological polar surface area (TPSA) is 58.6 Å². The van der Waals surface area contributed by atoms with Crippen molar-refractivity contribution < 1.29 is 14.3 Å². The molecule has 1 aromatic rings. The molecule has 3 rings (SSSR count). The van der Waals surface area contributed by atoms with Crippen molar-refractivity contribution in [3.8, 4) is 0 Å². The SMILES string of the molecule is O=C(NC(=O)c1ccc(Cl)cc1Cl)OC[C@@H]1CCCN2CCCCC12. The lowest BCUT2D eigenvalue weighted by molar-refractivity contribution is 0.0235. The van der Waals surface area contributed by atoms with Crippen LogP contribution in [0.4, 0.5) is 4.79 Å². The second kappa shape index (κ2) is 8.39. The van der Waals surface area contributed by atoms with Gasteiger partial charge in [-0.25, -0.2) is 4.79 Å². The number of nitrogens with one attached hydrogen (secondary N) is 1. The summed E-state index contributed by atoms with van der Waals surface area (Å²) in [6.07, 6.45) is 5.11. The van der Waals surface area contributed by atoms with Crippen LogP contribution < -0.4 is 5.32 Å². The Bertz CT molecular complexity index is 651. The van der Waals surface area contributed by atoms with Gasteiger partial charge in [0.15, 0.2) is 0 Å². The number of hydrogen-bond donors (Lipinski definition) is 1. The molecule has 136 valence electrons. The first-order chi connectivity index (χ1) is 12.0. The summed E-state index contributed by atoms with van der Waals surface area (Å²) in [5, 5.41) is 2.85. The molecule has 0 saturated carbocycles. The van der Waals surface area contributed by atoms with Crippen LogP contribution in [-0.2, 0) is 4.74 Å². The van der Waals surface area contributed by atoms with E-state index < -0.39 is 12.0 Å². The first-order valence-corrected chi connectivity index (χ1v) is 9.47. The molecule has 0 radical (unpaired) electrons. The molecule has 25 heavy (non-hydrogen) atoms. The van der Waals surface area contributed by atoms with E-state index in [9.17, 15) is 9.59 Å². The molecular weight excluding hydrogens is 363 g/mol. The predicted octanol–water partition coefficient (Wildman–Crippen LogP) is 4.12. The number of imide groups is 1. The number of carbonyl (C=O) groups excluding carboxylic acids is 2. The molecule has 2 saturated heterocycles. The lowest BCUT2D eigenvalue weighted by Gasteiger charge is -2.44. The predicted molar refractivity (Wildman–Crippen MR) is 97.2 cm³/mol. The van der Waals surface area contributed by atoms with Crippen LogP contribution in [0.1, 0.15) is 42.5 Å². The third-order valence-corrected chi connectivity index (χ3v) is 5.60. The average molecular weight is 385 g/mol. The van der Waals surface area contributed by atoms with E-state index in [4.69, 9.17) is 27.9 Å². The first-order valence-electron chi connectivity index (χ1n) is 8.72. The monoisotopic (exact) mass is 384 g/mol. The van der Waals surface area contributed by atoms with Crippen molar-refractivity contribution in [1.29, 1.82) is 0 Å². The molecule has 0 spiro atoms. The Morgan fingerprint density at radius 3 is 2.76 bits per heavy atom. The van der Waals surface area contributed by atoms with Crippen molar-refractivity contribution in [2.45, 2.75) is 38.1 Å². The van der Waals surface area contributed by atoms with Gasteiger partial charge in [0.1, 0.15) is 0 Å². The van der Waals surface area contributed by atoms with E-state index >= 15 is 0 Å². The summed E-state index contributed by atoms with van der Waals surface area (Å²) < 4.78 is 5.32. The maximum absolute atomic E-state index is 12.1. The van der Waals surface area contributed by atoms with Crippen molar-refractivity contribution in [3.63, 3.8) is 0 Å². The summed E-state index contributed by atoms with van der Waals surface area (Å²) in [6, 6.07) is 4.99. The van der Waals surface area contributed by atoms with E-state index in [1.807, 2.05) is 0 Å². The maximum Gasteiger partial charge on any atom is 0.414 e. The second-order valence-corrected chi connectivity index (χ2v) is 7.52. The number of carbonyl (C=O) groups is 2. The molecule has 1 N–H and O–H groups in total. The minimum absolute atomic E-state index is 0.194. The highest BCUT2D eigenvalue weighted by Gasteiger charge is 2.33. The number of hydrogen-bond acceptors (Lipinski definition) is 4. The van der Waals surface area contributed by atoms with Gasteiger partial charge in [-0.15, -0.1) is 0 Å². The fraction of sp³-hybridized carbons (Fsp3) is 0.556. The van der Waals surface area contributed by atoms with Crippen molar-refractivity contribution in [3.05, 3.63) is 33.8 Å². The molecule has 2 aliphatic rings. The van der Waals surface area contributed by atoms with Gasteiger partial charge < -0.3 is 4.74 Å². The standard InChI is InChI=1S/C18H22Cl2N2O3/c19-13-6-7-14(15(20)10-13)17(23)21-18(24)25-11-12-4-3-9-22-8-2-1-5-16(12)22/h6-7,10,12,16H,1-5,8-9,11H2,(H,21,23,24)/t12-,16?/m0/s1. The van der Waals surface area contributed by atoms with E-state index in [0.29, 0.717) is 23.6 Å². The number of fused-ring (bicyclic) bond motifs is 1. The van der Waals surface area contributed by atoms with Gasteiger partial charge in [0.2, 0.25) is 0 Å². The van der Waals surface area contributed by atoms with Gasteiger partial charge in [0, 0.05) is 17.0 Å². The molecule has 2 fully saturated rings. The summed E-state index contributed by atoms with van der Waals surface area (Å²) in [6.45, 7) is 2.62. The lowest BCUT2D eigenvalue weighted by Crippen LogP contribution is -2.49. The van der Waals surface area contributed by atoms with Crippen LogP contribution in [-0.4, -0.2) is 42.6 Å². The Kier molecular flexibility index (Phi) is 6.20. The van der Waals surface area contributed by atoms with Gasteiger partial charge in [-0.2, -0.15) is 0 Å². The Hall–Kier alpha value is -1.30. The van der Waals surface area contributed by atoms with E-state index in [0.717, 1.165) is 32.4 Å². The lowest BCUT2D eigenvalue weighted by atomic mass is 9.84. The summed E-state index contributed by atoms with van der Waals surface area (Å²) in [5.74, 6) is -0.247. The van der Waals surface area contributed by atoms with Gasteiger partial charge in [-0.3, -0.25) is 15.0 Å². The number of halogens is 2.